The van der Waals surface area contributed by atoms with E-state index in [4.69, 9.17) is 4.52 Å². The van der Waals surface area contributed by atoms with Crippen LogP contribution in [0.3, 0.4) is 0 Å². The first-order valence-corrected chi connectivity index (χ1v) is 4.43. The standard InChI is InChI=1S/C8H9BrN2O2/c1-5(9)4-10-8(12)7-3-6(2)13-11-7/h3H,1,4H2,2H3,(H,10,12). The maximum absolute atomic E-state index is 11.3. The van der Waals surface area contributed by atoms with Crippen LogP contribution in [-0.2, 0) is 0 Å². The minimum Gasteiger partial charge on any atom is -0.361 e. The molecule has 0 bridgehead atoms. The molecule has 0 fully saturated rings. The van der Waals surface area contributed by atoms with Gasteiger partial charge in [-0.15, -0.1) is 0 Å². The molecule has 1 aromatic heterocycles. The minimum absolute atomic E-state index is 0.266. The highest BCUT2D eigenvalue weighted by molar-refractivity contribution is 9.11. The molecule has 0 aliphatic heterocycles. The Bertz CT molecular complexity index is 333. The van der Waals surface area contributed by atoms with Gasteiger partial charge >= 0.3 is 0 Å². The lowest BCUT2D eigenvalue weighted by Crippen LogP contribution is -2.24. The number of aryl methyl sites for hydroxylation is 1. The Balaban J connectivity index is 2.54. The first-order chi connectivity index (χ1) is 6.09. The molecule has 0 radical (unpaired) electrons. The summed E-state index contributed by atoms with van der Waals surface area (Å²) in [5.74, 6) is 0.347. The number of rotatable bonds is 3. The van der Waals surface area contributed by atoms with Gasteiger partial charge in [-0.05, 0) is 6.92 Å². The third kappa shape index (κ3) is 3.02. The van der Waals surface area contributed by atoms with Crippen molar-refractivity contribution in [2.45, 2.75) is 6.92 Å². The summed E-state index contributed by atoms with van der Waals surface area (Å²) >= 11 is 3.13. The summed E-state index contributed by atoms with van der Waals surface area (Å²) in [4.78, 5) is 11.3. The molecule has 4 nitrogen and oxygen atoms in total. The molecule has 0 aromatic carbocycles. The summed E-state index contributed by atoms with van der Waals surface area (Å²) in [6.45, 7) is 5.69. The number of aromatic nitrogens is 1. The van der Waals surface area contributed by atoms with Gasteiger partial charge < -0.3 is 9.84 Å². The second kappa shape index (κ2) is 4.23. The maximum atomic E-state index is 11.3. The molecule has 1 N–H and O–H groups in total. The SMILES string of the molecule is C=C(Br)CNC(=O)c1cc(C)on1. The molecule has 1 heterocycles. The van der Waals surface area contributed by atoms with Crippen molar-refractivity contribution < 1.29 is 9.32 Å². The van der Waals surface area contributed by atoms with E-state index in [-0.39, 0.29) is 11.6 Å². The molecule has 1 amide bonds. The Labute approximate surface area is 84.1 Å². The lowest BCUT2D eigenvalue weighted by molar-refractivity contribution is 0.0948. The van der Waals surface area contributed by atoms with E-state index in [1.807, 2.05) is 0 Å². The highest BCUT2D eigenvalue weighted by Crippen LogP contribution is 2.02. The number of amides is 1. The van der Waals surface area contributed by atoms with Crippen molar-refractivity contribution in [3.8, 4) is 0 Å². The summed E-state index contributed by atoms with van der Waals surface area (Å²) in [5, 5.41) is 6.17. The molecular formula is C8H9BrN2O2. The van der Waals surface area contributed by atoms with Gasteiger partial charge in [0.05, 0.1) is 0 Å². The quantitative estimate of drug-likeness (QED) is 0.880. The van der Waals surface area contributed by atoms with E-state index >= 15 is 0 Å². The number of carbonyl (C=O) groups is 1. The van der Waals surface area contributed by atoms with Crippen LogP contribution in [0.4, 0.5) is 0 Å². The molecule has 13 heavy (non-hydrogen) atoms. The molecule has 1 rings (SSSR count). The van der Waals surface area contributed by atoms with E-state index in [9.17, 15) is 4.79 Å². The van der Waals surface area contributed by atoms with Gasteiger partial charge in [0.15, 0.2) is 5.69 Å². The van der Waals surface area contributed by atoms with Crippen LogP contribution < -0.4 is 5.32 Å². The van der Waals surface area contributed by atoms with Crippen LogP contribution in [0.1, 0.15) is 16.2 Å². The van der Waals surface area contributed by atoms with Crippen LogP contribution in [0.15, 0.2) is 21.7 Å². The molecule has 0 spiro atoms. The Morgan fingerprint density at radius 2 is 2.54 bits per heavy atom. The summed E-state index contributed by atoms with van der Waals surface area (Å²) in [6.07, 6.45) is 0. The number of nitrogens with zero attached hydrogens (tertiary/aromatic N) is 1. The molecule has 0 aliphatic carbocycles. The molecule has 0 saturated heterocycles. The Morgan fingerprint density at radius 3 is 3.00 bits per heavy atom. The largest absolute Gasteiger partial charge is 0.361 e. The predicted molar refractivity (Wildman–Crippen MR) is 51.6 cm³/mol. The van der Waals surface area contributed by atoms with Crippen molar-refractivity contribution in [1.29, 1.82) is 0 Å². The topological polar surface area (TPSA) is 55.1 Å². The van der Waals surface area contributed by atoms with Gasteiger partial charge in [0.1, 0.15) is 5.76 Å². The third-order valence-corrected chi connectivity index (χ3v) is 1.58. The summed E-state index contributed by atoms with van der Waals surface area (Å²) in [5.41, 5.74) is 0.284. The number of hydrogen-bond acceptors (Lipinski definition) is 3. The van der Waals surface area contributed by atoms with Crippen molar-refractivity contribution >= 4 is 21.8 Å². The van der Waals surface area contributed by atoms with Crippen molar-refractivity contribution in [3.63, 3.8) is 0 Å². The van der Waals surface area contributed by atoms with Gasteiger partial charge in [-0.3, -0.25) is 4.79 Å². The Hall–Kier alpha value is -1.10. The van der Waals surface area contributed by atoms with E-state index in [1.165, 1.54) is 0 Å². The highest BCUT2D eigenvalue weighted by atomic mass is 79.9. The van der Waals surface area contributed by atoms with Crippen LogP contribution in [0.25, 0.3) is 0 Å². The van der Waals surface area contributed by atoms with Gasteiger partial charge in [0.2, 0.25) is 0 Å². The van der Waals surface area contributed by atoms with E-state index in [0.29, 0.717) is 16.8 Å². The smallest absolute Gasteiger partial charge is 0.273 e. The fourth-order valence-corrected chi connectivity index (χ4v) is 0.880. The first kappa shape index (κ1) is 9.98. The highest BCUT2D eigenvalue weighted by Gasteiger charge is 2.09. The zero-order chi connectivity index (χ0) is 9.84. The van der Waals surface area contributed by atoms with Crippen LogP contribution in [0.2, 0.25) is 0 Å². The zero-order valence-electron chi connectivity index (χ0n) is 7.13. The third-order valence-electron chi connectivity index (χ3n) is 1.30. The Morgan fingerprint density at radius 1 is 1.85 bits per heavy atom. The molecule has 1 aromatic rings. The molecule has 5 heteroatoms. The number of carbonyl (C=O) groups excluding carboxylic acids is 1. The summed E-state index contributed by atoms with van der Waals surface area (Å²) in [7, 11) is 0. The van der Waals surface area contributed by atoms with Crippen molar-refractivity contribution in [1.82, 2.24) is 10.5 Å². The number of halogens is 1. The monoisotopic (exact) mass is 244 g/mol. The second-order valence-electron chi connectivity index (χ2n) is 2.52. The van der Waals surface area contributed by atoms with Crippen molar-refractivity contribution in [2.75, 3.05) is 6.54 Å². The van der Waals surface area contributed by atoms with Crippen LogP contribution >= 0.6 is 15.9 Å². The molecule has 0 unspecified atom stereocenters. The van der Waals surface area contributed by atoms with Crippen molar-refractivity contribution in [3.05, 3.63) is 28.6 Å². The molecule has 0 atom stereocenters. The average molecular weight is 245 g/mol. The molecule has 0 aliphatic rings. The van der Waals surface area contributed by atoms with Gasteiger partial charge in [-0.2, -0.15) is 0 Å². The van der Waals surface area contributed by atoms with E-state index in [0.717, 1.165) is 0 Å². The number of nitrogens with one attached hydrogen (secondary N) is 1. The summed E-state index contributed by atoms with van der Waals surface area (Å²) in [6, 6.07) is 1.58. The fourth-order valence-electron chi connectivity index (χ4n) is 0.740. The fraction of sp³-hybridized carbons (Fsp3) is 0.250. The Kier molecular flexibility index (Phi) is 3.25. The lowest BCUT2D eigenvalue weighted by atomic mass is 10.3. The molecular weight excluding hydrogens is 236 g/mol. The minimum atomic E-state index is -0.266. The van der Waals surface area contributed by atoms with E-state index < -0.39 is 0 Å². The van der Waals surface area contributed by atoms with Crippen LogP contribution in [-0.4, -0.2) is 17.6 Å². The van der Waals surface area contributed by atoms with Gasteiger partial charge in [0, 0.05) is 17.1 Å². The van der Waals surface area contributed by atoms with Crippen LogP contribution in [0, 0.1) is 6.92 Å². The van der Waals surface area contributed by atoms with Crippen molar-refractivity contribution in [2.24, 2.45) is 0 Å². The van der Waals surface area contributed by atoms with Gasteiger partial charge in [0.25, 0.3) is 5.91 Å². The summed E-state index contributed by atoms with van der Waals surface area (Å²) < 4.78 is 5.46. The number of hydrogen-bond donors (Lipinski definition) is 1. The second-order valence-corrected chi connectivity index (χ2v) is 3.64. The molecule has 70 valence electrons. The van der Waals surface area contributed by atoms with E-state index in [1.54, 1.807) is 13.0 Å². The first-order valence-electron chi connectivity index (χ1n) is 3.64. The molecule has 0 saturated carbocycles. The van der Waals surface area contributed by atoms with Gasteiger partial charge in [-0.25, -0.2) is 0 Å². The van der Waals surface area contributed by atoms with Crippen LogP contribution in [0.5, 0.6) is 0 Å². The predicted octanol–water partition coefficient (Wildman–Crippen LogP) is 1.62. The van der Waals surface area contributed by atoms with E-state index in [2.05, 4.69) is 33.0 Å². The lowest BCUT2D eigenvalue weighted by Gasteiger charge is -1.98. The maximum Gasteiger partial charge on any atom is 0.273 e. The van der Waals surface area contributed by atoms with Gasteiger partial charge in [-0.1, -0.05) is 27.7 Å². The zero-order valence-corrected chi connectivity index (χ0v) is 8.72. The average Bonchev–Trinajstić information content (AvgIpc) is 2.47. The normalized spacial score (nSPS) is 9.69.